The Kier molecular flexibility index (Phi) is 8.86. The van der Waals surface area contributed by atoms with Crippen molar-refractivity contribution in [1.82, 2.24) is 9.47 Å². The highest BCUT2D eigenvalue weighted by Crippen LogP contribution is 2.36. The molecule has 1 unspecified atom stereocenters. The van der Waals surface area contributed by atoms with Gasteiger partial charge in [-0.1, -0.05) is 48.5 Å². The van der Waals surface area contributed by atoms with Gasteiger partial charge < -0.3 is 18.9 Å². The average molecular weight is 569 g/mol. The molecule has 4 aromatic carbocycles. The number of rotatable bonds is 11. The lowest BCUT2D eigenvalue weighted by molar-refractivity contribution is -0.130. The van der Waals surface area contributed by atoms with Crippen LogP contribution in [0.2, 0.25) is 0 Å². The number of carbonyl (C=O) groups excluding carboxylic acids is 1. The third-order valence-electron chi connectivity index (χ3n) is 7.72. The highest BCUT2D eigenvalue weighted by Gasteiger charge is 2.24. The molecule has 1 aromatic heterocycles. The van der Waals surface area contributed by atoms with Crippen LogP contribution in [-0.2, 0) is 17.8 Å². The van der Waals surface area contributed by atoms with Crippen LogP contribution in [-0.4, -0.2) is 43.2 Å². The molecular weight excluding hydrogens is 534 g/mol. The molecular formula is C35H34F2N2O3. The van der Waals surface area contributed by atoms with Gasteiger partial charge in [-0.2, -0.15) is 0 Å². The van der Waals surface area contributed by atoms with Gasteiger partial charge in [-0.3, -0.25) is 4.79 Å². The molecule has 0 aliphatic heterocycles. The lowest BCUT2D eigenvalue weighted by Gasteiger charge is -2.22. The topological polar surface area (TPSA) is 43.7 Å². The van der Waals surface area contributed by atoms with Crippen LogP contribution in [0.15, 0.2) is 97.2 Å². The summed E-state index contributed by atoms with van der Waals surface area (Å²) in [5.41, 5.74) is 4.86. The smallest absolute Gasteiger partial charge is 0.223 e. The van der Waals surface area contributed by atoms with E-state index in [9.17, 15) is 13.6 Å². The van der Waals surface area contributed by atoms with Gasteiger partial charge in [0.25, 0.3) is 0 Å². The van der Waals surface area contributed by atoms with Gasteiger partial charge in [0, 0.05) is 49.6 Å². The number of methoxy groups -OCH3 is 2. The largest absolute Gasteiger partial charge is 0.493 e. The number of aromatic nitrogens is 1. The summed E-state index contributed by atoms with van der Waals surface area (Å²) >= 11 is 0. The fourth-order valence-corrected chi connectivity index (χ4v) is 5.36. The number of hydrogen-bond donors (Lipinski definition) is 0. The van der Waals surface area contributed by atoms with E-state index in [1.54, 1.807) is 43.4 Å². The zero-order valence-corrected chi connectivity index (χ0v) is 24.0. The maximum absolute atomic E-state index is 13.9. The van der Waals surface area contributed by atoms with Crippen molar-refractivity contribution < 1.29 is 23.0 Å². The Morgan fingerprint density at radius 1 is 0.833 bits per heavy atom. The molecule has 0 N–H and O–H groups in total. The van der Waals surface area contributed by atoms with Crippen LogP contribution < -0.4 is 9.47 Å². The van der Waals surface area contributed by atoms with Gasteiger partial charge in [-0.25, -0.2) is 8.78 Å². The molecule has 5 aromatic rings. The van der Waals surface area contributed by atoms with Crippen LogP contribution in [0, 0.1) is 11.6 Å². The highest BCUT2D eigenvalue weighted by molar-refractivity contribution is 5.86. The standard InChI is InChI=1S/C35H34F2N2O3/c1-38(19-18-24-10-17-33(41-2)34(20-24)42-3)35(40)21-30(26-11-15-28(37)16-12-26)31-23-39(32-7-5-4-6-29(31)32)22-25-8-13-27(36)14-9-25/h4-17,20,23,30H,18-19,21-22H2,1-3H3. The molecule has 1 atom stereocenters. The second-order valence-electron chi connectivity index (χ2n) is 10.4. The third kappa shape index (κ3) is 6.46. The first-order chi connectivity index (χ1) is 20.4. The van der Waals surface area contributed by atoms with Gasteiger partial charge in [0.1, 0.15) is 11.6 Å². The molecule has 7 heteroatoms. The first-order valence-electron chi connectivity index (χ1n) is 13.9. The molecule has 1 amide bonds. The van der Waals surface area contributed by atoms with Crippen molar-refractivity contribution in [1.29, 1.82) is 0 Å². The maximum Gasteiger partial charge on any atom is 0.223 e. The Bertz CT molecular complexity index is 1660. The number of benzene rings is 4. The second kappa shape index (κ2) is 12.9. The summed E-state index contributed by atoms with van der Waals surface area (Å²) in [4.78, 5) is 15.4. The van der Waals surface area contributed by atoms with Crippen LogP contribution in [0.1, 0.15) is 34.6 Å². The molecule has 0 saturated carbocycles. The molecule has 216 valence electrons. The molecule has 0 radical (unpaired) electrons. The molecule has 0 saturated heterocycles. The number of para-hydroxylation sites is 1. The van der Waals surface area contributed by atoms with Crippen LogP contribution in [0.25, 0.3) is 10.9 Å². The molecule has 0 spiro atoms. The van der Waals surface area contributed by atoms with Crippen LogP contribution in [0.4, 0.5) is 8.78 Å². The van der Waals surface area contributed by atoms with E-state index in [4.69, 9.17) is 9.47 Å². The molecule has 5 nitrogen and oxygen atoms in total. The van der Waals surface area contributed by atoms with E-state index >= 15 is 0 Å². The summed E-state index contributed by atoms with van der Waals surface area (Å²) in [6.45, 7) is 1.08. The van der Waals surface area contributed by atoms with E-state index in [2.05, 4.69) is 10.8 Å². The summed E-state index contributed by atoms with van der Waals surface area (Å²) < 4.78 is 40.3. The van der Waals surface area contributed by atoms with E-state index < -0.39 is 0 Å². The minimum absolute atomic E-state index is 0.0137. The van der Waals surface area contributed by atoms with Crippen LogP contribution in [0.5, 0.6) is 11.5 Å². The van der Waals surface area contributed by atoms with E-state index in [-0.39, 0.29) is 29.9 Å². The van der Waals surface area contributed by atoms with Gasteiger partial charge in [-0.05, 0) is 71.1 Å². The Balaban J connectivity index is 1.42. The van der Waals surface area contributed by atoms with Crippen molar-refractivity contribution in [2.45, 2.75) is 25.3 Å². The van der Waals surface area contributed by atoms with E-state index in [1.165, 1.54) is 24.3 Å². The molecule has 0 fully saturated rings. The maximum atomic E-state index is 13.9. The van der Waals surface area contributed by atoms with Crippen molar-refractivity contribution in [2.75, 3.05) is 27.8 Å². The summed E-state index contributed by atoms with van der Waals surface area (Å²) in [6, 6.07) is 26.7. The number of fused-ring (bicyclic) bond motifs is 1. The van der Waals surface area contributed by atoms with Crippen molar-refractivity contribution >= 4 is 16.8 Å². The number of nitrogens with zero attached hydrogens (tertiary/aromatic N) is 2. The normalized spacial score (nSPS) is 11.8. The first-order valence-corrected chi connectivity index (χ1v) is 13.9. The first kappa shape index (κ1) is 28.9. The van der Waals surface area contributed by atoms with E-state index in [0.717, 1.165) is 33.2 Å². The summed E-state index contributed by atoms with van der Waals surface area (Å²) in [6.07, 6.45) is 2.94. The minimum Gasteiger partial charge on any atom is -0.493 e. The molecule has 0 bridgehead atoms. The zero-order chi connectivity index (χ0) is 29.6. The molecule has 0 aliphatic carbocycles. The SMILES string of the molecule is COc1ccc(CCN(C)C(=O)CC(c2ccc(F)cc2)c2cn(Cc3ccc(F)cc3)c3ccccc23)cc1OC. The summed E-state index contributed by atoms with van der Waals surface area (Å²) in [7, 11) is 5.01. The molecule has 42 heavy (non-hydrogen) atoms. The number of amides is 1. The molecule has 1 heterocycles. The van der Waals surface area contributed by atoms with E-state index in [0.29, 0.717) is 31.0 Å². The van der Waals surface area contributed by atoms with Crippen molar-refractivity contribution in [2.24, 2.45) is 0 Å². The van der Waals surface area contributed by atoms with Crippen molar-refractivity contribution in [3.8, 4) is 11.5 Å². The fraction of sp³-hybridized carbons (Fsp3) is 0.229. The Morgan fingerprint density at radius 2 is 1.48 bits per heavy atom. The number of hydrogen-bond acceptors (Lipinski definition) is 3. The van der Waals surface area contributed by atoms with Crippen molar-refractivity contribution in [3.63, 3.8) is 0 Å². The summed E-state index contributed by atoms with van der Waals surface area (Å²) in [5.74, 6) is 0.404. The average Bonchev–Trinajstić information content (AvgIpc) is 3.37. The summed E-state index contributed by atoms with van der Waals surface area (Å²) in [5, 5.41) is 1.02. The number of halogens is 2. The highest BCUT2D eigenvalue weighted by atomic mass is 19.1. The van der Waals surface area contributed by atoms with Gasteiger partial charge in [0.05, 0.1) is 14.2 Å². The van der Waals surface area contributed by atoms with Crippen LogP contribution in [0.3, 0.4) is 0 Å². The molecule has 0 aliphatic rings. The van der Waals surface area contributed by atoms with Gasteiger partial charge in [0.2, 0.25) is 5.91 Å². The predicted octanol–water partition coefficient (Wildman–Crippen LogP) is 7.21. The Labute approximate surface area is 244 Å². The van der Waals surface area contributed by atoms with Gasteiger partial charge >= 0.3 is 0 Å². The van der Waals surface area contributed by atoms with Crippen LogP contribution >= 0.6 is 0 Å². The number of ether oxygens (including phenoxy) is 2. The number of likely N-dealkylation sites (N-methyl/N-ethyl adjacent to an activating group) is 1. The minimum atomic E-state index is -0.324. The monoisotopic (exact) mass is 568 g/mol. The van der Waals surface area contributed by atoms with Gasteiger partial charge in [0.15, 0.2) is 11.5 Å². The lowest BCUT2D eigenvalue weighted by Crippen LogP contribution is -2.30. The third-order valence-corrected chi connectivity index (χ3v) is 7.72. The quantitative estimate of drug-likeness (QED) is 0.169. The predicted molar refractivity (Wildman–Crippen MR) is 161 cm³/mol. The fourth-order valence-electron chi connectivity index (χ4n) is 5.36. The number of carbonyl (C=O) groups is 1. The second-order valence-corrected chi connectivity index (χ2v) is 10.4. The Morgan fingerprint density at radius 3 is 2.17 bits per heavy atom. The molecule has 5 rings (SSSR count). The van der Waals surface area contributed by atoms with E-state index in [1.807, 2.05) is 49.5 Å². The zero-order valence-electron chi connectivity index (χ0n) is 24.0. The van der Waals surface area contributed by atoms with Gasteiger partial charge in [-0.15, -0.1) is 0 Å². The van der Waals surface area contributed by atoms with Crippen molar-refractivity contribution in [3.05, 3.63) is 131 Å². The Hall–Kier alpha value is -4.65. The lowest BCUT2D eigenvalue weighted by atomic mass is 9.87.